The van der Waals surface area contributed by atoms with Gasteiger partial charge >= 0.3 is 5.97 Å². The Labute approximate surface area is 106 Å². The molecule has 1 saturated heterocycles. The molecule has 1 aromatic carbocycles. The van der Waals surface area contributed by atoms with E-state index in [4.69, 9.17) is 4.74 Å². The fourth-order valence-electron chi connectivity index (χ4n) is 2.11. The highest BCUT2D eigenvalue weighted by Crippen LogP contribution is 2.21. The highest BCUT2D eigenvalue weighted by Gasteiger charge is 2.34. The molecule has 2 rings (SSSR count). The third-order valence-corrected chi connectivity index (χ3v) is 3.29. The maximum atomic E-state index is 11.8. The highest BCUT2D eigenvalue weighted by atomic mass is 16.5. The van der Waals surface area contributed by atoms with Crippen molar-refractivity contribution in [3.05, 3.63) is 35.9 Å². The normalized spacial score (nSPS) is 20.3. The van der Waals surface area contributed by atoms with Gasteiger partial charge in [0.15, 0.2) is 0 Å². The van der Waals surface area contributed by atoms with Gasteiger partial charge in [0, 0.05) is 6.54 Å². The first-order valence-electron chi connectivity index (χ1n) is 6.17. The lowest BCUT2D eigenvalue weighted by Gasteiger charge is -2.15. The van der Waals surface area contributed by atoms with Crippen LogP contribution in [0.15, 0.2) is 30.3 Å². The summed E-state index contributed by atoms with van der Waals surface area (Å²) < 4.78 is 5.23. The van der Waals surface area contributed by atoms with Gasteiger partial charge in [0.2, 0.25) is 5.91 Å². The monoisotopic (exact) mass is 247 g/mol. The molecule has 0 aliphatic carbocycles. The van der Waals surface area contributed by atoms with Crippen LogP contribution < -0.4 is 5.32 Å². The van der Waals surface area contributed by atoms with Gasteiger partial charge in [-0.3, -0.25) is 9.59 Å². The predicted octanol–water partition coefficient (Wildman–Crippen LogP) is 1.50. The highest BCUT2D eigenvalue weighted by molar-refractivity contribution is 5.86. The molecule has 1 aliphatic rings. The second kappa shape index (κ2) is 5.67. The summed E-state index contributed by atoms with van der Waals surface area (Å²) in [5, 5.41) is 2.73. The second-order valence-corrected chi connectivity index (χ2v) is 4.57. The summed E-state index contributed by atoms with van der Waals surface area (Å²) >= 11 is 0. The van der Waals surface area contributed by atoms with Crippen molar-refractivity contribution in [1.29, 1.82) is 0 Å². The first kappa shape index (κ1) is 12.6. The van der Waals surface area contributed by atoms with E-state index in [1.54, 1.807) is 6.92 Å². The van der Waals surface area contributed by atoms with Crippen molar-refractivity contribution in [3.8, 4) is 0 Å². The lowest BCUT2D eigenvalue weighted by Crippen LogP contribution is -2.29. The molecule has 0 spiro atoms. The zero-order valence-corrected chi connectivity index (χ0v) is 10.4. The van der Waals surface area contributed by atoms with Crippen molar-refractivity contribution in [3.63, 3.8) is 0 Å². The molecule has 0 aromatic heterocycles. The lowest BCUT2D eigenvalue weighted by molar-refractivity contribution is -0.152. The second-order valence-electron chi connectivity index (χ2n) is 4.57. The quantitative estimate of drug-likeness (QED) is 0.820. The molecule has 1 heterocycles. The van der Waals surface area contributed by atoms with Crippen LogP contribution >= 0.6 is 0 Å². The third kappa shape index (κ3) is 2.88. The van der Waals surface area contributed by atoms with Gasteiger partial charge in [-0.05, 0) is 12.0 Å². The van der Waals surface area contributed by atoms with Gasteiger partial charge in [-0.15, -0.1) is 0 Å². The summed E-state index contributed by atoms with van der Waals surface area (Å²) in [6.07, 6.45) is 0.709. The Morgan fingerprint density at radius 1 is 1.44 bits per heavy atom. The van der Waals surface area contributed by atoms with Crippen molar-refractivity contribution >= 4 is 11.9 Å². The molecule has 1 N–H and O–H groups in total. The van der Waals surface area contributed by atoms with Crippen LogP contribution in [0.2, 0.25) is 0 Å². The van der Waals surface area contributed by atoms with Crippen LogP contribution in [-0.4, -0.2) is 18.4 Å². The average molecular weight is 247 g/mol. The maximum Gasteiger partial charge on any atom is 0.309 e. The van der Waals surface area contributed by atoms with Crippen LogP contribution in [0.4, 0.5) is 0 Å². The third-order valence-electron chi connectivity index (χ3n) is 3.29. The number of ether oxygens (including phenoxy) is 1. The standard InChI is InChI=1S/C14H17NO3/c1-10(12-7-8-15-13(12)16)14(17)18-9-11-5-3-2-4-6-11/h2-6,10,12H,7-9H2,1H3,(H,15,16). The molecule has 4 heteroatoms. The molecule has 0 radical (unpaired) electrons. The Kier molecular flexibility index (Phi) is 3.97. The molecule has 1 amide bonds. The SMILES string of the molecule is CC(C(=O)OCc1ccccc1)C1CCNC1=O. The number of carbonyl (C=O) groups excluding carboxylic acids is 2. The van der Waals surface area contributed by atoms with Gasteiger partial charge < -0.3 is 10.1 Å². The van der Waals surface area contributed by atoms with Gasteiger partial charge in [-0.25, -0.2) is 0 Å². The first-order valence-corrected chi connectivity index (χ1v) is 6.17. The van der Waals surface area contributed by atoms with E-state index in [0.29, 0.717) is 13.0 Å². The van der Waals surface area contributed by atoms with Crippen molar-refractivity contribution in [1.82, 2.24) is 5.32 Å². The Balaban J connectivity index is 1.86. The molecule has 18 heavy (non-hydrogen) atoms. The average Bonchev–Trinajstić information content (AvgIpc) is 2.82. The first-order chi connectivity index (χ1) is 8.68. The van der Waals surface area contributed by atoms with Gasteiger partial charge in [-0.1, -0.05) is 37.3 Å². The number of benzene rings is 1. The van der Waals surface area contributed by atoms with Crippen LogP contribution in [0.5, 0.6) is 0 Å². The number of nitrogens with one attached hydrogen (secondary N) is 1. The fraction of sp³-hybridized carbons (Fsp3) is 0.429. The molecule has 0 saturated carbocycles. The number of carbonyl (C=O) groups is 2. The fourth-order valence-corrected chi connectivity index (χ4v) is 2.11. The summed E-state index contributed by atoms with van der Waals surface area (Å²) in [5.74, 6) is -0.968. The van der Waals surface area contributed by atoms with E-state index in [9.17, 15) is 9.59 Å². The van der Waals surface area contributed by atoms with Gasteiger partial charge in [-0.2, -0.15) is 0 Å². The molecule has 4 nitrogen and oxygen atoms in total. The van der Waals surface area contributed by atoms with Crippen molar-refractivity contribution in [2.45, 2.75) is 20.0 Å². The van der Waals surface area contributed by atoms with E-state index in [1.165, 1.54) is 0 Å². The molecular weight excluding hydrogens is 230 g/mol. The van der Waals surface area contributed by atoms with Gasteiger partial charge in [0.1, 0.15) is 6.61 Å². The van der Waals surface area contributed by atoms with E-state index in [-0.39, 0.29) is 30.3 Å². The van der Waals surface area contributed by atoms with Crippen LogP contribution in [0.25, 0.3) is 0 Å². The lowest BCUT2D eigenvalue weighted by atomic mass is 9.93. The maximum absolute atomic E-state index is 11.8. The summed E-state index contributed by atoms with van der Waals surface area (Å²) in [5.41, 5.74) is 0.953. The van der Waals surface area contributed by atoms with Crippen molar-refractivity contribution in [2.24, 2.45) is 11.8 Å². The Morgan fingerprint density at radius 3 is 2.78 bits per heavy atom. The smallest absolute Gasteiger partial charge is 0.309 e. The minimum absolute atomic E-state index is 0.0424. The van der Waals surface area contributed by atoms with Gasteiger partial charge in [0.25, 0.3) is 0 Å². The molecule has 96 valence electrons. The minimum atomic E-state index is -0.379. The van der Waals surface area contributed by atoms with E-state index in [0.717, 1.165) is 5.56 Å². The summed E-state index contributed by atoms with van der Waals surface area (Å²) in [6.45, 7) is 2.67. The van der Waals surface area contributed by atoms with Crippen LogP contribution in [0.3, 0.4) is 0 Å². The minimum Gasteiger partial charge on any atom is -0.461 e. The zero-order chi connectivity index (χ0) is 13.0. The summed E-state index contributed by atoms with van der Waals surface area (Å²) in [6, 6.07) is 9.52. The van der Waals surface area contributed by atoms with Crippen LogP contribution in [0.1, 0.15) is 18.9 Å². The number of rotatable bonds is 4. The Hall–Kier alpha value is -1.84. The van der Waals surface area contributed by atoms with E-state index < -0.39 is 0 Å². The number of amides is 1. The largest absolute Gasteiger partial charge is 0.461 e. The predicted molar refractivity (Wildman–Crippen MR) is 66.5 cm³/mol. The number of hydrogen-bond acceptors (Lipinski definition) is 3. The molecule has 1 aromatic rings. The molecule has 0 bridgehead atoms. The topological polar surface area (TPSA) is 55.4 Å². The van der Waals surface area contributed by atoms with Crippen molar-refractivity contribution in [2.75, 3.05) is 6.54 Å². The van der Waals surface area contributed by atoms with E-state index >= 15 is 0 Å². The molecule has 2 unspecified atom stereocenters. The molecule has 1 aliphatic heterocycles. The molecule has 2 atom stereocenters. The Bertz CT molecular complexity index is 430. The van der Waals surface area contributed by atoms with Gasteiger partial charge in [0.05, 0.1) is 11.8 Å². The molecule has 1 fully saturated rings. The van der Waals surface area contributed by atoms with Crippen molar-refractivity contribution < 1.29 is 14.3 Å². The van der Waals surface area contributed by atoms with Crippen LogP contribution in [-0.2, 0) is 20.9 Å². The number of esters is 1. The Morgan fingerprint density at radius 2 is 2.17 bits per heavy atom. The number of hydrogen-bond donors (Lipinski definition) is 1. The summed E-state index contributed by atoms with van der Waals surface area (Å²) in [4.78, 5) is 23.3. The zero-order valence-electron chi connectivity index (χ0n) is 10.4. The molecular formula is C14H17NO3. The van der Waals surface area contributed by atoms with E-state index in [1.807, 2.05) is 30.3 Å². The van der Waals surface area contributed by atoms with Crippen LogP contribution in [0, 0.1) is 11.8 Å². The summed E-state index contributed by atoms with van der Waals surface area (Å²) in [7, 11) is 0. The van der Waals surface area contributed by atoms with E-state index in [2.05, 4.69) is 5.32 Å².